The van der Waals surface area contributed by atoms with Crippen molar-refractivity contribution in [1.82, 2.24) is 0 Å². The molecule has 2 heteroatoms. The zero-order valence-corrected chi connectivity index (χ0v) is 28.3. The molecule has 0 aliphatic heterocycles. The largest absolute Gasteiger partial charge is 0.310 e. The fourth-order valence-electron chi connectivity index (χ4n) is 8.24. The van der Waals surface area contributed by atoms with Crippen molar-refractivity contribution in [3.63, 3.8) is 0 Å². The molecule has 0 bridgehead atoms. The Bertz CT molecular complexity index is 2750. The van der Waals surface area contributed by atoms with Gasteiger partial charge in [0.15, 0.2) is 0 Å². The van der Waals surface area contributed by atoms with Crippen LogP contribution in [-0.4, -0.2) is 0 Å². The molecule has 0 saturated heterocycles. The highest BCUT2D eigenvalue weighted by molar-refractivity contribution is 7.26. The van der Waals surface area contributed by atoms with Crippen LogP contribution in [0.2, 0.25) is 0 Å². The molecule has 0 radical (unpaired) electrons. The molecule has 1 aliphatic carbocycles. The molecule has 49 heavy (non-hydrogen) atoms. The van der Waals surface area contributed by atoms with Gasteiger partial charge in [0.1, 0.15) is 0 Å². The lowest BCUT2D eigenvalue weighted by Crippen LogP contribution is -2.16. The molecule has 0 amide bonds. The predicted octanol–water partition coefficient (Wildman–Crippen LogP) is 13.8. The lowest BCUT2D eigenvalue weighted by Gasteiger charge is -2.30. The van der Waals surface area contributed by atoms with E-state index in [4.69, 9.17) is 0 Å². The molecule has 1 nitrogen and oxygen atoms in total. The van der Waals surface area contributed by atoms with Gasteiger partial charge in [-0.1, -0.05) is 141 Å². The average molecular weight is 644 g/mol. The van der Waals surface area contributed by atoms with Crippen molar-refractivity contribution >= 4 is 70.1 Å². The Morgan fingerprint density at radius 1 is 0.469 bits per heavy atom. The van der Waals surface area contributed by atoms with Gasteiger partial charge in [-0.15, -0.1) is 11.3 Å². The summed E-state index contributed by atoms with van der Waals surface area (Å²) < 4.78 is 2.70. The number of thiophene rings is 1. The molecular weight excluding hydrogens is 611 g/mol. The van der Waals surface area contributed by atoms with Gasteiger partial charge in [-0.05, 0) is 80.4 Å². The van der Waals surface area contributed by atoms with E-state index in [0.717, 1.165) is 17.1 Å². The standard InChI is InChI=1S/C47H33NS/c1-47(2)41-17-9-6-15-37(41)38-27-24-34(29-42(38)47)48(43-18-10-7-14-35(43)30-12-4-3-5-13-30)33-23-26-36-32(28-33)21-20-31-22-25-40-39-16-8-11-19-44(39)49-46(40)45(31)36/h3-29H,1-2H3. The highest BCUT2D eigenvalue weighted by atomic mass is 32.1. The first kappa shape index (κ1) is 28.3. The molecule has 1 aromatic heterocycles. The van der Waals surface area contributed by atoms with Gasteiger partial charge in [0, 0.05) is 47.9 Å². The minimum Gasteiger partial charge on any atom is -0.310 e. The van der Waals surface area contributed by atoms with Crippen LogP contribution >= 0.6 is 11.3 Å². The van der Waals surface area contributed by atoms with Crippen molar-refractivity contribution in [1.29, 1.82) is 0 Å². The number of hydrogen-bond donors (Lipinski definition) is 0. The number of hydrogen-bond acceptors (Lipinski definition) is 2. The molecule has 0 atom stereocenters. The molecule has 0 fully saturated rings. The maximum Gasteiger partial charge on any atom is 0.0540 e. The van der Waals surface area contributed by atoms with E-state index in [0.29, 0.717) is 0 Å². The van der Waals surface area contributed by atoms with Crippen molar-refractivity contribution < 1.29 is 0 Å². The van der Waals surface area contributed by atoms with Crippen LogP contribution in [0, 0.1) is 0 Å². The Morgan fingerprint density at radius 3 is 2.02 bits per heavy atom. The molecule has 1 aliphatic rings. The van der Waals surface area contributed by atoms with Gasteiger partial charge < -0.3 is 4.90 Å². The van der Waals surface area contributed by atoms with Gasteiger partial charge in [-0.3, -0.25) is 0 Å². The summed E-state index contributed by atoms with van der Waals surface area (Å²) >= 11 is 1.91. The summed E-state index contributed by atoms with van der Waals surface area (Å²) in [4.78, 5) is 2.46. The molecule has 10 rings (SSSR count). The van der Waals surface area contributed by atoms with Gasteiger partial charge in [0.05, 0.1) is 5.69 Å². The quantitative estimate of drug-likeness (QED) is 0.173. The average Bonchev–Trinajstić information content (AvgIpc) is 3.64. The van der Waals surface area contributed by atoms with Crippen molar-refractivity contribution in [2.75, 3.05) is 4.90 Å². The van der Waals surface area contributed by atoms with Crippen LogP contribution in [0.15, 0.2) is 164 Å². The number of rotatable bonds is 4. The maximum atomic E-state index is 2.46. The molecule has 9 aromatic rings. The first-order chi connectivity index (χ1) is 24.1. The van der Waals surface area contributed by atoms with E-state index >= 15 is 0 Å². The van der Waals surface area contributed by atoms with Crippen molar-refractivity contribution in [2.24, 2.45) is 0 Å². The van der Waals surface area contributed by atoms with E-state index in [9.17, 15) is 0 Å². The van der Waals surface area contributed by atoms with E-state index in [1.807, 2.05) is 11.3 Å². The summed E-state index contributed by atoms with van der Waals surface area (Å²) in [5, 5.41) is 7.83. The Hall–Kier alpha value is -5.70. The van der Waals surface area contributed by atoms with Crippen LogP contribution in [0.1, 0.15) is 25.0 Å². The first-order valence-corrected chi connectivity index (χ1v) is 17.8. The summed E-state index contributed by atoms with van der Waals surface area (Å²) in [6, 6.07) is 60.6. The minimum atomic E-state index is -0.0928. The number of fused-ring (bicyclic) bond motifs is 10. The number of nitrogens with zero attached hydrogens (tertiary/aromatic N) is 1. The van der Waals surface area contributed by atoms with E-state index in [2.05, 4.69) is 183 Å². The fraction of sp³-hybridized carbons (Fsp3) is 0.0638. The van der Waals surface area contributed by atoms with E-state index in [1.165, 1.54) is 75.1 Å². The number of para-hydroxylation sites is 1. The molecule has 232 valence electrons. The zero-order valence-electron chi connectivity index (χ0n) is 27.4. The first-order valence-electron chi connectivity index (χ1n) is 17.0. The van der Waals surface area contributed by atoms with Crippen LogP contribution in [-0.2, 0) is 5.41 Å². The third kappa shape index (κ3) is 4.24. The molecule has 0 saturated carbocycles. The van der Waals surface area contributed by atoms with Crippen LogP contribution in [0.25, 0.3) is 64.0 Å². The Kier molecular flexibility index (Phi) is 6.16. The van der Waals surface area contributed by atoms with Crippen LogP contribution in [0.5, 0.6) is 0 Å². The van der Waals surface area contributed by atoms with Gasteiger partial charge in [0.25, 0.3) is 0 Å². The lowest BCUT2D eigenvalue weighted by molar-refractivity contribution is 0.660. The van der Waals surface area contributed by atoms with Crippen LogP contribution in [0.3, 0.4) is 0 Å². The van der Waals surface area contributed by atoms with Gasteiger partial charge in [-0.2, -0.15) is 0 Å². The van der Waals surface area contributed by atoms with Crippen molar-refractivity contribution in [2.45, 2.75) is 19.3 Å². The smallest absolute Gasteiger partial charge is 0.0540 e. The second-order valence-electron chi connectivity index (χ2n) is 13.7. The number of anilines is 3. The third-order valence-corrected chi connectivity index (χ3v) is 11.8. The Labute approximate surface area is 290 Å². The lowest BCUT2D eigenvalue weighted by atomic mass is 9.82. The fourth-order valence-corrected chi connectivity index (χ4v) is 9.52. The highest BCUT2D eigenvalue weighted by Gasteiger charge is 2.35. The van der Waals surface area contributed by atoms with Crippen molar-refractivity contribution in [3.8, 4) is 22.3 Å². The monoisotopic (exact) mass is 643 g/mol. The van der Waals surface area contributed by atoms with Gasteiger partial charge >= 0.3 is 0 Å². The summed E-state index contributed by atoms with van der Waals surface area (Å²) in [5.41, 5.74) is 11.2. The highest BCUT2D eigenvalue weighted by Crippen LogP contribution is 2.51. The second kappa shape index (κ2) is 10.7. The topological polar surface area (TPSA) is 3.24 Å². The van der Waals surface area contributed by atoms with E-state index in [-0.39, 0.29) is 5.41 Å². The van der Waals surface area contributed by atoms with Crippen LogP contribution < -0.4 is 4.90 Å². The third-order valence-electron chi connectivity index (χ3n) is 10.6. The molecule has 1 heterocycles. The summed E-state index contributed by atoms with van der Waals surface area (Å²) in [6.07, 6.45) is 0. The number of benzene rings is 8. The Morgan fingerprint density at radius 2 is 1.12 bits per heavy atom. The maximum absolute atomic E-state index is 2.46. The van der Waals surface area contributed by atoms with E-state index < -0.39 is 0 Å². The Balaban J connectivity index is 1.22. The SMILES string of the molecule is CC1(C)c2ccccc2-c2ccc(N(c3ccc4c(ccc5ccc6c7ccccc7sc6c54)c3)c3ccccc3-c3ccccc3)cc21. The summed E-state index contributed by atoms with van der Waals surface area (Å²) in [6.45, 7) is 4.72. The molecule has 0 N–H and O–H groups in total. The van der Waals surface area contributed by atoms with Gasteiger partial charge in [0.2, 0.25) is 0 Å². The molecule has 0 spiro atoms. The van der Waals surface area contributed by atoms with Gasteiger partial charge in [-0.25, -0.2) is 0 Å². The minimum absolute atomic E-state index is 0.0928. The van der Waals surface area contributed by atoms with E-state index in [1.54, 1.807) is 0 Å². The molecule has 0 unspecified atom stereocenters. The van der Waals surface area contributed by atoms with Crippen molar-refractivity contribution in [3.05, 3.63) is 175 Å². The molecular formula is C47H33NS. The predicted molar refractivity (Wildman–Crippen MR) is 212 cm³/mol. The summed E-state index contributed by atoms with van der Waals surface area (Å²) in [5.74, 6) is 0. The normalized spacial score (nSPS) is 13.3. The zero-order chi connectivity index (χ0) is 32.7. The summed E-state index contributed by atoms with van der Waals surface area (Å²) in [7, 11) is 0. The van der Waals surface area contributed by atoms with Crippen LogP contribution in [0.4, 0.5) is 17.1 Å². The molecule has 8 aromatic carbocycles. The second-order valence-corrected chi connectivity index (χ2v) is 14.8.